The van der Waals surface area contributed by atoms with Crippen LogP contribution in [-0.2, 0) is 19.1 Å². The largest absolute Gasteiger partial charge is 0.497 e. The molecule has 3 aliphatic rings. The van der Waals surface area contributed by atoms with Crippen molar-refractivity contribution in [2.45, 2.75) is 44.4 Å². The van der Waals surface area contributed by atoms with Crippen LogP contribution < -0.4 is 14.8 Å². The quantitative estimate of drug-likeness (QED) is 0.555. The number of hydrogen-bond acceptors (Lipinski definition) is 6. The van der Waals surface area contributed by atoms with E-state index in [4.69, 9.17) is 25.8 Å². The fourth-order valence-electron chi connectivity index (χ4n) is 5.02. The molecule has 2 aromatic carbocycles. The maximum absolute atomic E-state index is 13.1. The third kappa shape index (κ3) is 4.75. The summed E-state index contributed by atoms with van der Waals surface area (Å²) in [6.45, 7) is -0.260. The van der Waals surface area contributed by atoms with Crippen molar-refractivity contribution in [3.63, 3.8) is 0 Å². The Kier molecular flexibility index (Phi) is 6.83. The van der Waals surface area contributed by atoms with Crippen molar-refractivity contribution >= 4 is 34.8 Å². The Hall–Kier alpha value is -3.58. The van der Waals surface area contributed by atoms with Gasteiger partial charge in [-0.3, -0.25) is 14.4 Å². The summed E-state index contributed by atoms with van der Waals surface area (Å²) in [7, 11) is 1.57. The molecule has 2 aromatic rings. The zero-order chi connectivity index (χ0) is 25.2. The maximum Gasteiger partial charge on any atom is 0.262 e. The van der Waals surface area contributed by atoms with Crippen molar-refractivity contribution in [2.24, 2.45) is 0 Å². The second kappa shape index (κ2) is 10.2. The maximum atomic E-state index is 13.1. The first kappa shape index (κ1) is 24.1. The molecule has 0 atom stereocenters. The molecule has 0 bridgehead atoms. The number of nitrogens with one attached hydrogen (secondary N) is 1. The van der Waals surface area contributed by atoms with Crippen LogP contribution in [0, 0.1) is 0 Å². The summed E-state index contributed by atoms with van der Waals surface area (Å²) < 4.78 is 17.2. The van der Waals surface area contributed by atoms with E-state index in [0.717, 1.165) is 0 Å². The number of halogens is 1. The summed E-state index contributed by atoms with van der Waals surface area (Å²) >= 11 is 6.38. The first-order chi connectivity index (χ1) is 17.4. The van der Waals surface area contributed by atoms with E-state index in [1.807, 2.05) is 0 Å². The van der Waals surface area contributed by atoms with Gasteiger partial charge < -0.3 is 19.5 Å². The second-order valence-electron chi connectivity index (χ2n) is 9.01. The number of ketones is 2. The zero-order valence-corrected chi connectivity index (χ0v) is 20.7. The highest BCUT2D eigenvalue weighted by Gasteiger charge is 2.42. The van der Waals surface area contributed by atoms with Crippen LogP contribution in [-0.4, -0.2) is 31.2 Å². The van der Waals surface area contributed by atoms with Crippen molar-refractivity contribution in [2.75, 3.05) is 19.0 Å². The number of allylic oxidation sites excluding steroid dienone is 4. The number of rotatable bonds is 6. The van der Waals surface area contributed by atoms with Crippen molar-refractivity contribution in [3.8, 4) is 11.5 Å². The Labute approximate surface area is 214 Å². The Balaban J connectivity index is 1.45. The van der Waals surface area contributed by atoms with Gasteiger partial charge in [0.2, 0.25) is 0 Å². The summed E-state index contributed by atoms with van der Waals surface area (Å²) in [6.07, 6.45) is 3.51. The van der Waals surface area contributed by atoms with E-state index in [1.165, 1.54) is 0 Å². The molecule has 0 spiro atoms. The number of benzene rings is 2. The SMILES string of the molecule is COc1ccc(NC(=O)COc2ccc(Cl)cc2C2C3=C(CCCC3=O)OC3=C2C(=O)CCC3)cc1. The number of carbonyl (C=O) groups is 3. The van der Waals surface area contributed by atoms with Crippen LogP contribution in [0.5, 0.6) is 11.5 Å². The highest BCUT2D eigenvalue weighted by Crippen LogP contribution is 2.50. The van der Waals surface area contributed by atoms with Crippen LogP contribution >= 0.6 is 11.6 Å². The average Bonchev–Trinajstić information content (AvgIpc) is 2.87. The van der Waals surface area contributed by atoms with Crippen LogP contribution in [0.1, 0.15) is 50.0 Å². The van der Waals surface area contributed by atoms with Gasteiger partial charge in [0.25, 0.3) is 5.91 Å². The van der Waals surface area contributed by atoms with Crippen LogP contribution in [0.15, 0.2) is 65.1 Å². The molecule has 0 aromatic heterocycles. The third-order valence-corrected chi connectivity index (χ3v) is 6.89. The van der Waals surface area contributed by atoms with Crippen LogP contribution in [0.2, 0.25) is 5.02 Å². The van der Waals surface area contributed by atoms with E-state index in [1.54, 1.807) is 49.6 Å². The average molecular weight is 508 g/mol. The first-order valence-electron chi connectivity index (χ1n) is 12.0. The first-order valence-corrected chi connectivity index (χ1v) is 12.4. The summed E-state index contributed by atoms with van der Waals surface area (Å²) in [5.41, 5.74) is 2.21. The van der Waals surface area contributed by atoms with Gasteiger partial charge >= 0.3 is 0 Å². The Morgan fingerprint density at radius 3 is 2.22 bits per heavy atom. The fraction of sp³-hybridized carbons (Fsp3) is 0.321. The number of hydrogen-bond donors (Lipinski definition) is 1. The van der Waals surface area contributed by atoms with Crippen LogP contribution in [0.3, 0.4) is 0 Å². The second-order valence-corrected chi connectivity index (χ2v) is 9.45. The minimum absolute atomic E-state index is 0.0330. The highest BCUT2D eigenvalue weighted by molar-refractivity contribution is 6.30. The predicted molar refractivity (Wildman–Crippen MR) is 134 cm³/mol. The van der Waals surface area contributed by atoms with Crippen molar-refractivity contribution in [1.82, 2.24) is 0 Å². The highest BCUT2D eigenvalue weighted by atomic mass is 35.5. The molecule has 5 rings (SSSR count). The lowest BCUT2D eigenvalue weighted by molar-refractivity contribution is -0.119. The number of Topliss-reactive ketones (excluding diaryl/α,β-unsaturated/α-hetero) is 2. The van der Waals surface area contributed by atoms with Gasteiger partial charge in [0.15, 0.2) is 18.2 Å². The third-order valence-electron chi connectivity index (χ3n) is 6.66. The molecule has 7 nitrogen and oxygen atoms in total. The van der Waals surface area contributed by atoms with E-state index in [9.17, 15) is 14.4 Å². The molecule has 2 aliphatic carbocycles. The van der Waals surface area contributed by atoms with Crippen molar-refractivity contribution < 1.29 is 28.6 Å². The number of methoxy groups -OCH3 is 1. The molecule has 1 amide bonds. The molecule has 1 heterocycles. The zero-order valence-electron chi connectivity index (χ0n) is 19.9. The van der Waals surface area contributed by atoms with Gasteiger partial charge in [-0.05, 0) is 55.3 Å². The van der Waals surface area contributed by atoms with Crippen LogP contribution in [0.4, 0.5) is 5.69 Å². The van der Waals surface area contributed by atoms with Gasteiger partial charge in [-0.15, -0.1) is 0 Å². The summed E-state index contributed by atoms with van der Waals surface area (Å²) in [5, 5.41) is 3.23. The van der Waals surface area contributed by atoms with Crippen molar-refractivity contribution in [1.29, 1.82) is 0 Å². The van der Waals surface area contributed by atoms with E-state index in [-0.39, 0.29) is 24.1 Å². The molecule has 1 N–H and O–H groups in total. The lowest BCUT2D eigenvalue weighted by Gasteiger charge is -2.36. The Bertz CT molecular complexity index is 1250. The van der Waals surface area contributed by atoms with Gasteiger partial charge in [-0.25, -0.2) is 0 Å². The molecule has 0 saturated heterocycles. The summed E-state index contributed by atoms with van der Waals surface area (Å²) in [5.74, 6) is 1.30. The van der Waals surface area contributed by atoms with E-state index in [0.29, 0.717) is 89.0 Å². The number of anilines is 1. The molecular formula is C28H26ClNO6. The molecule has 0 radical (unpaired) electrons. The van der Waals surface area contributed by atoms with Crippen molar-refractivity contribution in [3.05, 3.63) is 75.7 Å². The molecule has 0 saturated carbocycles. The van der Waals surface area contributed by atoms with E-state index >= 15 is 0 Å². The molecular weight excluding hydrogens is 482 g/mol. The minimum Gasteiger partial charge on any atom is -0.497 e. The Morgan fingerprint density at radius 2 is 1.61 bits per heavy atom. The molecule has 0 unspecified atom stereocenters. The summed E-state index contributed by atoms with van der Waals surface area (Å²) in [4.78, 5) is 38.8. The van der Waals surface area contributed by atoms with Gasteiger partial charge in [-0.1, -0.05) is 11.6 Å². The molecule has 36 heavy (non-hydrogen) atoms. The predicted octanol–water partition coefficient (Wildman–Crippen LogP) is 5.49. The Morgan fingerprint density at radius 1 is 0.972 bits per heavy atom. The number of amides is 1. The number of ether oxygens (including phenoxy) is 3. The lowest BCUT2D eigenvalue weighted by atomic mass is 9.73. The van der Waals surface area contributed by atoms with Crippen LogP contribution in [0.25, 0.3) is 0 Å². The van der Waals surface area contributed by atoms with Gasteiger partial charge in [0.1, 0.15) is 23.0 Å². The summed E-state index contributed by atoms with van der Waals surface area (Å²) in [6, 6.07) is 12.0. The van der Waals surface area contributed by atoms with Gasteiger partial charge in [0, 0.05) is 53.1 Å². The standard InChI is InChI=1S/C28H26ClNO6/c1-34-18-11-9-17(10-12-18)30-25(33)15-35-22-13-8-16(29)14-19(22)26-27-20(31)4-2-6-23(27)36-24-7-3-5-21(32)28(24)26/h8-14,26H,2-7,15H2,1H3,(H,30,33). The minimum atomic E-state index is -0.623. The number of carbonyl (C=O) groups excluding carboxylic acids is 3. The normalized spacial score (nSPS) is 17.8. The van der Waals surface area contributed by atoms with Gasteiger partial charge in [0.05, 0.1) is 13.0 Å². The smallest absolute Gasteiger partial charge is 0.262 e. The lowest BCUT2D eigenvalue weighted by Crippen LogP contribution is -2.30. The van der Waals surface area contributed by atoms with E-state index < -0.39 is 5.92 Å². The fourth-order valence-corrected chi connectivity index (χ4v) is 5.20. The topological polar surface area (TPSA) is 90.9 Å². The van der Waals surface area contributed by atoms with E-state index in [2.05, 4.69) is 5.32 Å². The molecule has 186 valence electrons. The molecule has 8 heteroatoms. The molecule has 1 aliphatic heterocycles. The molecule has 0 fully saturated rings. The monoisotopic (exact) mass is 507 g/mol. The van der Waals surface area contributed by atoms with Gasteiger partial charge in [-0.2, -0.15) is 0 Å².